The predicted molar refractivity (Wildman–Crippen MR) is 35.6 cm³/mol. The number of hydrogen-bond acceptors (Lipinski definition) is 1. The molecule has 0 heterocycles. The lowest BCUT2D eigenvalue weighted by Crippen LogP contribution is -2.20. The first-order valence-corrected chi connectivity index (χ1v) is 3.08. The Bertz CT molecular complexity index is 114. The van der Waals surface area contributed by atoms with E-state index >= 15 is 0 Å². The van der Waals surface area contributed by atoms with Crippen LogP contribution in [0.25, 0.3) is 0 Å². The lowest BCUT2D eigenvalue weighted by Gasteiger charge is -2.27. The van der Waals surface area contributed by atoms with Crippen LogP contribution in [0.15, 0.2) is 11.8 Å². The summed E-state index contributed by atoms with van der Waals surface area (Å²) in [6, 6.07) is 0. The van der Waals surface area contributed by atoms with E-state index in [1.165, 1.54) is 12.1 Å². The van der Waals surface area contributed by atoms with Crippen molar-refractivity contribution < 1.29 is 0 Å². The maximum absolute atomic E-state index is 2.31. The summed E-state index contributed by atoms with van der Waals surface area (Å²) in [5.74, 6) is 0.826. The number of hydrogen-bond donors (Lipinski definition) is 0. The highest BCUT2D eigenvalue weighted by Gasteiger charge is 2.14. The van der Waals surface area contributed by atoms with Crippen LogP contribution in [0.3, 0.4) is 0 Å². The van der Waals surface area contributed by atoms with Gasteiger partial charge in [-0.25, -0.2) is 0 Å². The minimum atomic E-state index is 0.826. The molecule has 1 aliphatic rings. The molecule has 1 rings (SSSR count). The average molecular weight is 111 g/mol. The van der Waals surface area contributed by atoms with Crippen LogP contribution < -0.4 is 0 Å². The summed E-state index contributed by atoms with van der Waals surface area (Å²) in [6.07, 6.45) is 3.58. The molecule has 0 spiro atoms. The minimum absolute atomic E-state index is 0.826. The summed E-state index contributed by atoms with van der Waals surface area (Å²) in [5.41, 5.74) is 1.48. The second-order valence-corrected chi connectivity index (χ2v) is 2.73. The summed E-state index contributed by atoms with van der Waals surface area (Å²) in [7, 11) is 4.19. The molecule has 1 aliphatic carbocycles. The predicted octanol–water partition coefficient (Wildman–Crippen LogP) is 1.47. The van der Waals surface area contributed by atoms with E-state index in [1.807, 2.05) is 0 Å². The van der Waals surface area contributed by atoms with Gasteiger partial charge in [-0.05, 0) is 12.3 Å². The van der Waals surface area contributed by atoms with Gasteiger partial charge in [0.15, 0.2) is 0 Å². The van der Waals surface area contributed by atoms with Crippen molar-refractivity contribution in [3.63, 3.8) is 0 Å². The summed E-state index contributed by atoms with van der Waals surface area (Å²) in [5, 5.41) is 0. The van der Waals surface area contributed by atoms with Crippen LogP contribution in [-0.4, -0.2) is 19.0 Å². The normalized spacial score (nSPS) is 26.4. The van der Waals surface area contributed by atoms with E-state index in [1.54, 1.807) is 0 Å². The quantitative estimate of drug-likeness (QED) is 0.495. The Morgan fingerprint density at radius 1 is 1.62 bits per heavy atom. The molecule has 8 heavy (non-hydrogen) atoms. The number of nitrogens with zero attached hydrogens (tertiary/aromatic N) is 1. The van der Waals surface area contributed by atoms with Crippen molar-refractivity contribution in [2.75, 3.05) is 14.1 Å². The van der Waals surface area contributed by atoms with Crippen LogP contribution in [0, 0.1) is 5.92 Å². The Hall–Kier alpha value is -0.460. The Morgan fingerprint density at radius 2 is 2.12 bits per heavy atom. The molecule has 0 radical (unpaired) electrons. The summed E-state index contributed by atoms with van der Waals surface area (Å²) in [6.45, 7) is 2.24. The van der Waals surface area contributed by atoms with Gasteiger partial charge in [0.25, 0.3) is 0 Å². The third-order valence-electron chi connectivity index (χ3n) is 1.58. The van der Waals surface area contributed by atoms with E-state index in [4.69, 9.17) is 0 Å². The van der Waals surface area contributed by atoms with Crippen molar-refractivity contribution >= 4 is 0 Å². The average Bonchev–Trinajstić information content (AvgIpc) is 1.57. The van der Waals surface area contributed by atoms with Gasteiger partial charge in [-0.15, -0.1) is 0 Å². The number of allylic oxidation sites excluding steroid dienone is 2. The van der Waals surface area contributed by atoms with E-state index in [-0.39, 0.29) is 0 Å². The molecule has 0 saturated heterocycles. The van der Waals surface area contributed by atoms with E-state index in [2.05, 4.69) is 32.0 Å². The molecule has 0 N–H and O–H groups in total. The lowest BCUT2D eigenvalue weighted by molar-refractivity contribution is 0.419. The van der Waals surface area contributed by atoms with Crippen LogP contribution >= 0.6 is 0 Å². The molecule has 46 valence electrons. The molecular weight excluding hydrogens is 98.1 g/mol. The van der Waals surface area contributed by atoms with Crippen molar-refractivity contribution in [2.45, 2.75) is 13.3 Å². The SMILES string of the molecule is CC1C=C(N(C)C)C1. The van der Waals surface area contributed by atoms with Gasteiger partial charge in [0.2, 0.25) is 0 Å². The first kappa shape index (κ1) is 5.67. The maximum atomic E-state index is 2.31. The molecule has 0 amide bonds. The molecule has 0 fully saturated rings. The fraction of sp³-hybridized carbons (Fsp3) is 0.714. The van der Waals surface area contributed by atoms with Crippen LogP contribution in [0.2, 0.25) is 0 Å². The second-order valence-electron chi connectivity index (χ2n) is 2.73. The molecule has 0 saturated carbocycles. The second kappa shape index (κ2) is 1.81. The largest absolute Gasteiger partial charge is 0.381 e. The van der Waals surface area contributed by atoms with Crippen molar-refractivity contribution in [3.05, 3.63) is 11.8 Å². The van der Waals surface area contributed by atoms with Gasteiger partial charge >= 0.3 is 0 Å². The molecule has 0 bridgehead atoms. The summed E-state index contributed by atoms with van der Waals surface area (Å²) in [4.78, 5) is 2.18. The summed E-state index contributed by atoms with van der Waals surface area (Å²) < 4.78 is 0. The van der Waals surface area contributed by atoms with E-state index < -0.39 is 0 Å². The van der Waals surface area contributed by atoms with Crippen LogP contribution in [0.5, 0.6) is 0 Å². The van der Waals surface area contributed by atoms with Crippen LogP contribution in [0.1, 0.15) is 13.3 Å². The Kier molecular flexibility index (Phi) is 1.28. The Morgan fingerprint density at radius 3 is 2.25 bits per heavy atom. The topological polar surface area (TPSA) is 3.24 Å². The molecule has 1 unspecified atom stereocenters. The highest BCUT2D eigenvalue weighted by Crippen LogP contribution is 2.25. The van der Waals surface area contributed by atoms with Crippen molar-refractivity contribution in [1.29, 1.82) is 0 Å². The standard InChI is InChI=1S/C7H13N/c1-6-4-7(5-6)8(2)3/h4,6H,5H2,1-3H3. The molecule has 0 aromatic carbocycles. The zero-order valence-electron chi connectivity index (χ0n) is 5.81. The maximum Gasteiger partial charge on any atom is 0.00956 e. The summed E-state index contributed by atoms with van der Waals surface area (Å²) >= 11 is 0. The van der Waals surface area contributed by atoms with Gasteiger partial charge in [-0.1, -0.05) is 13.0 Å². The Labute approximate surface area is 51.0 Å². The number of rotatable bonds is 1. The Balaban J connectivity index is 2.42. The smallest absolute Gasteiger partial charge is 0.00956 e. The van der Waals surface area contributed by atoms with E-state index in [0.717, 1.165) is 5.92 Å². The van der Waals surface area contributed by atoms with Gasteiger partial charge in [-0.2, -0.15) is 0 Å². The highest BCUT2D eigenvalue weighted by molar-refractivity contribution is 5.13. The zero-order chi connectivity index (χ0) is 6.15. The van der Waals surface area contributed by atoms with Gasteiger partial charge in [-0.3, -0.25) is 0 Å². The van der Waals surface area contributed by atoms with Gasteiger partial charge < -0.3 is 4.90 Å². The third-order valence-corrected chi connectivity index (χ3v) is 1.58. The van der Waals surface area contributed by atoms with Crippen molar-refractivity contribution in [3.8, 4) is 0 Å². The first-order chi connectivity index (χ1) is 3.70. The molecule has 1 nitrogen and oxygen atoms in total. The van der Waals surface area contributed by atoms with Crippen molar-refractivity contribution in [2.24, 2.45) is 5.92 Å². The van der Waals surface area contributed by atoms with Gasteiger partial charge in [0, 0.05) is 19.8 Å². The van der Waals surface area contributed by atoms with E-state index in [0.29, 0.717) is 0 Å². The monoisotopic (exact) mass is 111 g/mol. The van der Waals surface area contributed by atoms with Gasteiger partial charge in [0.1, 0.15) is 0 Å². The van der Waals surface area contributed by atoms with Crippen LogP contribution in [0.4, 0.5) is 0 Å². The fourth-order valence-electron chi connectivity index (χ4n) is 0.956. The third kappa shape index (κ3) is 0.857. The molecule has 0 aromatic heterocycles. The molecule has 0 aliphatic heterocycles. The van der Waals surface area contributed by atoms with E-state index in [9.17, 15) is 0 Å². The first-order valence-electron chi connectivity index (χ1n) is 3.08. The molecule has 1 heteroatoms. The van der Waals surface area contributed by atoms with Crippen molar-refractivity contribution in [1.82, 2.24) is 4.90 Å². The molecular formula is C7H13N. The zero-order valence-corrected chi connectivity index (χ0v) is 5.81. The lowest BCUT2D eigenvalue weighted by atomic mass is 9.93. The van der Waals surface area contributed by atoms with Gasteiger partial charge in [0.05, 0.1) is 0 Å². The fourth-order valence-corrected chi connectivity index (χ4v) is 0.956. The minimum Gasteiger partial charge on any atom is -0.381 e. The molecule has 0 aromatic rings. The van der Waals surface area contributed by atoms with Crippen LogP contribution in [-0.2, 0) is 0 Å². The highest BCUT2D eigenvalue weighted by atomic mass is 15.1. The molecule has 1 atom stereocenters.